The molecule has 1 N–H and O–H groups in total. The highest BCUT2D eigenvalue weighted by atomic mass is 19.1. The van der Waals surface area contributed by atoms with Gasteiger partial charge in [0.15, 0.2) is 0 Å². The van der Waals surface area contributed by atoms with Crippen molar-refractivity contribution in [3.63, 3.8) is 0 Å². The molecule has 0 radical (unpaired) electrons. The highest BCUT2D eigenvalue weighted by Crippen LogP contribution is 2.58. The van der Waals surface area contributed by atoms with Gasteiger partial charge in [-0.1, -0.05) is 18.2 Å². The van der Waals surface area contributed by atoms with E-state index in [1.54, 1.807) is 15.5 Å². The molecule has 7 rings (SSSR count). The molecule has 0 unspecified atom stereocenters. The summed E-state index contributed by atoms with van der Waals surface area (Å²) in [6.45, 7) is 0.837. The molecule has 3 saturated carbocycles. The summed E-state index contributed by atoms with van der Waals surface area (Å²) in [7, 11) is 0. The van der Waals surface area contributed by atoms with E-state index < -0.39 is 28.8 Å². The predicted octanol–water partition coefficient (Wildman–Crippen LogP) is 5.81. The van der Waals surface area contributed by atoms with Gasteiger partial charge in [-0.25, -0.2) is 13.2 Å². The van der Waals surface area contributed by atoms with Crippen LogP contribution in [0.1, 0.15) is 61.8 Å². The molecule has 2 bridgehead atoms. The molecule has 2 aromatic carbocycles. The lowest BCUT2D eigenvalue weighted by Gasteiger charge is -2.51. The van der Waals surface area contributed by atoms with Crippen molar-refractivity contribution >= 4 is 22.8 Å². The average Bonchev–Trinajstić information content (AvgIpc) is 3.20. The monoisotopic (exact) mass is 510 g/mol. The number of carboxylic acid groups (broad SMARTS) is 1. The Morgan fingerprint density at radius 1 is 0.946 bits per heavy atom. The number of aromatic nitrogens is 1. The van der Waals surface area contributed by atoms with Crippen LogP contribution in [0.2, 0.25) is 0 Å². The number of nitrogens with zero attached hydrogens (tertiary/aromatic N) is 2. The largest absolute Gasteiger partial charge is 0.481 e. The topological polar surface area (TPSA) is 62.5 Å². The van der Waals surface area contributed by atoms with Gasteiger partial charge in [-0.05, 0) is 68.1 Å². The molecule has 3 fully saturated rings. The molecule has 3 aliphatic carbocycles. The molecule has 5 nitrogen and oxygen atoms in total. The Labute approximate surface area is 212 Å². The Morgan fingerprint density at radius 2 is 1.68 bits per heavy atom. The van der Waals surface area contributed by atoms with Crippen LogP contribution in [0, 0.1) is 28.3 Å². The number of halogens is 3. The first kappa shape index (κ1) is 24.1. The van der Waals surface area contributed by atoms with Crippen LogP contribution in [0.15, 0.2) is 36.4 Å². The Balaban J connectivity index is 1.28. The van der Waals surface area contributed by atoms with Gasteiger partial charge in [0, 0.05) is 35.7 Å². The van der Waals surface area contributed by atoms with Gasteiger partial charge in [-0.3, -0.25) is 9.59 Å². The quantitative estimate of drug-likeness (QED) is 0.472. The molecule has 1 aliphatic heterocycles. The van der Waals surface area contributed by atoms with E-state index >= 15 is 4.39 Å². The molecule has 0 saturated heterocycles. The summed E-state index contributed by atoms with van der Waals surface area (Å²) in [5, 5.41) is 10.4. The van der Waals surface area contributed by atoms with E-state index in [-0.39, 0.29) is 23.4 Å². The van der Waals surface area contributed by atoms with Crippen LogP contribution in [0.3, 0.4) is 0 Å². The van der Waals surface area contributed by atoms with Gasteiger partial charge >= 0.3 is 5.97 Å². The number of carboxylic acids is 1. The van der Waals surface area contributed by atoms with E-state index in [4.69, 9.17) is 0 Å². The molecule has 1 amide bonds. The van der Waals surface area contributed by atoms with Crippen molar-refractivity contribution in [2.45, 2.75) is 64.5 Å². The summed E-state index contributed by atoms with van der Waals surface area (Å²) in [5.74, 6) is -2.47. The molecule has 1 aromatic heterocycles. The SMILES string of the molecule is O=C(CC12CCC(C(=O)O)(CC1)CC2)N1CCc2c(n(Cc3ccc(F)cc3F)c3c(F)cccc23)C1. The summed E-state index contributed by atoms with van der Waals surface area (Å²) < 4.78 is 44.8. The fourth-order valence-electron chi connectivity index (χ4n) is 6.94. The third-order valence-corrected chi connectivity index (χ3v) is 9.31. The fourth-order valence-corrected chi connectivity index (χ4v) is 6.94. The van der Waals surface area contributed by atoms with E-state index in [1.165, 1.54) is 18.2 Å². The van der Waals surface area contributed by atoms with Gasteiger partial charge in [0.1, 0.15) is 17.5 Å². The van der Waals surface area contributed by atoms with Gasteiger partial charge in [0.25, 0.3) is 0 Å². The standard InChI is InChI=1S/C29H29F3N2O3/c30-19-5-4-18(23(32)14-19)16-34-24-17-33(13-6-20(24)21-2-1-3-22(31)26(21)34)25(35)15-28-7-10-29(11-8-28,12-9-28)27(36)37/h1-5,14H,6-13,15-17H2,(H,36,37). The Bertz CT molecular complexity index is 1400. The van der Waals surface area contributed by atoms with Gasteiger partial charge in [-0.15, -0.1) is 0 Å². The Kier molecular flexibility index (Phi) is 5.62. The van der Waals surface area contributed by atoms with Crippen LogP contribution in [-0.4, -0.2) is 33.0 Å². The molecule has 0 spiro atoms. The molecule has 3 aromatic rings. The number of rotatable bonds is 5. The summed E-state index contributed by atoms with van der Waals surface area (Å²) >= 11 is 0. The number of hydrogen-bond donors (Lipinski definition) is 1. The average molecular weight is 511 g/mol. The number of carbonyl (C=O) groups excluding carboxylic acids is 1. The van der Waals surface area contributed by atoms with Gasteiger partial charge in [0.05, 0.1) is 24.0 Å². The molecular weight excluding hydrogens is 481 g/mol. The highest BCUT2D eigenvalue weighted by molar-refractivity contribution is 5.87. The van der Waals surface area contributed by atoms with Crippen molar-refractivity contribution in [2.75, 3.05) is 6.54 Å². The molecule has 8 heteroatoms. The lowest BCUT2D eigenvalue weighted by atomic mass is 9.53. The van der Waals surface area contributed by atoms with Gasteiger partial charge in [-0.2, -0.15) is 0 Å². The van der Waals surface area contributed by atoms with Crippen molar-refractivity contribution in [3.8, 4) is 0 Å². The highest BCUT2D eigenvalue weighted by Gasteiger charge is 2.53. The van der Waals surface area contributed by atoms with Crippen LogP contribution in [-0.2, 0) is 29.1 Å². The zero-order valence-electron chi connectivity index (χ0n) is 20.5. The van der Waals surface area contributed by atoms with Crippen LogP contribution in [0.25, 0.3) is 10.9 Å². The maximum atomic E-state index is 15.1. The maximum Gasteiger partial charge on any atom is 0.309 e. The lowest BCUT2D eigenvalue weighted by molar-refractivity contribution is -0.160. The zero-order chi connectivity index (χ0) is 25.9. The first-order valence-corrected chi connectivity index (χ1v) is 12.9. The van der Waals surface area contributed by atoms with Crippen molar-refractivity contribution < 1.29 is 27.9 Å². The predicted molar refractivity (Wildman–Crippen MR) is 131 cm³/mol. The number of hydrogen-bond acceptors (Lipinski definition) is 2. The Hall–Kier alpha value is -3.29. The summed E-state index contributed by atoms with van der Waals surface area (Å²) in [5.41, 5.74) is 1.58. The molecule has 4 aliphatic rings. The van der Waals surface area contributed by atoms with E-state index in [2.05, 4.69) is 0 Å². The zero-order valence-corrected chi connectivity index (χ0v) is 20.5. The third-order valence-electron chi connectivity index (χ3n) is 9.31. The van der Waals surface area contributed by atoms with E-state index in [0.717, 1.165) is 42.0 Å². The number of para-hydroxylation sites is 1. The number of carbonyl (C=O) groups is 2. The van der Waals surface area contributed by atoms with E-state index in [0.29, 0.717) is 50.7 Å². The van der Waals surface area contributed by atoms with E-state index in [1.807, 2.05) is 6.07 Å². The first-order valence-electron chi connectivity index (χ1n) is 12.9. The van der Waals surface area contributed by atoms with E-state index in [9.17, 15) is 23.5 Å². The second-order valence-corrected chi connectivity index (χ2v) is 11.2. The second kappa shape index (κ2) is 8.64. The molecular formula is C29H29F3N2O3. The smallest absolute Gasteiger partial charge is 0.309 e. The molecule has 194 valence electrons. The summed E-state index contributed by atoms with van der Waals surface area (Å²) in [4.78, 5) is 27.1. The summed E-state index contributed by atoms with van der Waals surface area (Å²) in [6.07, 6.45) is 5.07. The number of fused-ring (bicyclic) bond motifs is 6. The minimum absolute atomic E-state index is 0.0283. The maximum absolute atomic E-state index is 15.1. The van der Waals surface area contributed by atoms with Crippen LogP contribution >= 0.6 is 0 Å². The third kappa shape index (κ3) is 3.92. The fraction of sp³-hybridized carbons (Fsp3) is 0.448. The Morgan fingerprint density at radius 3 is 2.35 bits per heavy atom. The van der Waals surface area contributed by atoms with Crippen molar-refractivity contribution in [2.24, 2.45) is 10.8 Å². The number of amides is 1. The second-order valence-electron chi connectivity index (χ2n) is 11.2. The van der Waals surface area contributed by atoms with Crippen molar-refractivity contribution in [1.29, 1.82) is 0 Å². The first-order chi connectivity index (χ1) is 17.7. The van der Waals surface area contributed by atoms with Crippen molar-refractivity contribution in [3.05, 3.63) is 70.7 Å². The summed E-state index contributed by atoms with van der Waals surface area (Å²) in [6, 6.07) is 8.27. The lowest BCUT2D eigenvalue weighted by Crippen LogP contribution is -2.48. The van der Waals surface area contributed by atoms with Crippen LogP contribution in [0.5, 0.6) is 0 Å². The number of benzene rings is 2. The molecule has 37 heavy (non-hydrogen) atoms. The molecule has 0 atom stereocenters. The van der Waals surface area contributed by atoms with Gasteiger partial charge in [0.2, 0.25) is 5.91 Å². The normalized spacial score (nSPS) is 24.9. The van der Waals surface area contributed by atoms with Crippen LogP contribution < -0.4 is 0 Å². The number of aliphatic carboxylic acids is 1. The van der Waals surface area contributed by atoms with Crippen molar-refractivity contribution in [1.82, 2.24) is 9.47 Å². The van der Waals surface area contributed by atoms with Crippen LogP contribution in [0.4, 0.5) is 13.2 Å². The molecule has 2 heterocycles. The minimum Gasteiger partial charge on any atom is -0.481 e. The van der Waals surface area contributed by atoms with Gasteiger partial charge < -0.3 is 14.6 Å². The minimum atomic E-state index is -0.715.